The second kappa shape index (κ2) is 4.21. The van der Waals surface area contributed by atoms with E-state index in [-0.39, 0.29) is 0 Å². The highest BCUT2D eigenvalue weighted by atomic mass is 14.1. The van der Waals surface area contributed by atoms with Crippen LogP contribution in [0, 0.1) is 0 Å². The molecular formula is C20H14. The smallest absolute Gasteiger partial charge is 0.00990 e. The molecular weight excluding hydrogens is 240 g/mol. The van der Waals surface area contributed by atoms with Gasteiger partial charge in [-0.25, -0.2) is 0 Å². The standard InChI is InChI=1S/C20H14/c1-2-14-7-5-8-16-13-20-17(12-19(14)16)11-10-15-6-3-4-9-18(15)20/h2-13H,1H2. The molecule has 0 atom stereocenters. The number of benzene rings is 4. The minimum atomic E-state index is 1.19. The molecule has 0 N–H and O–H groups in total. The van der Waals surface area contributed by atoms with Crippen LogP contribution in [-0.2, 0) is 0 Å². The van der Waals surface area contributed by atoms with Crippen molar-refractivity contribution in [3.63, 3.8) is 0 Å². The molecule has 0 aliphatic rings. The summed E-state index contributed by atoms with van der Waals surface area (Å²) in [5, 5.41) is 7.74. The molecule has 20 heavy (non-hydrogen) atoms. The lowest BCUT2D eigenvalue weighted by molar-refractivity contribution is 1.74. The summed E-state index contributed by atoms with van der Waals surface area (Å²) in [5.41, 5.74) is 1.19. The van der Waals surface area contributed by atoms with E-state index in [0.29, 0.717) is 0 Å². The van der Waals surface area contributed by atoms with E-state index in [9.17, 15) is 0 Å². The molecule has 0 amide bonds. The van der Waals surface area contributed by atoms with E-state index in [1.165, 1.54) is 37.9 Å². The van der Waals surface area contributed by atoms with Crippen molar-refractivity contribution in [2.24, 2.45) is 0 Å². The maximum absolute atomic E-state index is 3.91. The molecule has 0 nitrogen and oxygen atoms in total. The van der Waals surface area contributed by atoms with Gasteiger partial charge in [-0.15, -0.1) is 0 Å². The molecule has 4 aromatic rings. The predicted molar refractivity (Wildman–Crippen MR) is 89.1 cm³/mol. The maximum atomic E-state index is 3.91. The molecule has 0 heterocycles. The van der Waals surface area contributed by atoms with Gasteiger partial charge in [0.25, 0.3) is 0 Å². The Bertz CT molecular complexity index is 961. The molecule has 0 bridgehead atoms. The van der Waals surface area contributed by atoms with Crippen molar-refractivity contribution >= 4 is 38.4 Å². The van der Waals surface area contributed by atoms with Gasteiger partial charge in [0.15, 0.2) is 0 Å². The predicted octanol–water partition coefficient (Wildman–Crippen LogP) is 5.79. The first kappa shape index (κ1) is 11.2. The molecule has 0 saturated heterocycles. The average molecular weight is 254 g/mol. The minimum absolute atomic E-state index is 1.19. The van der Waals surface area contributed by atoms with E-state index in [2.05, 4.69) is 73.3 Å². The second-order valence-electron chi connectivity index (χ2n) is 5.13. The van der Waals surface area contributed by atoms with Crippen molar-refractivity contribution in [2.75, 3.05) is 0 Å². The van der Waals surface area contributed by atoms with Crippen LogP contribution in [0.1, 0.15) is 5.56 Å². The van der Waals surface area contributed by atoms with Crippen molar-refractivity contribution in [1.82, 2.24) is 0 Å². The first-order valence-electron chi connectivity index (χ1n) is 6.83. The molecule has 0 saturated carbocycles. The fourth-order valence-electron chi connectivity index (χ4n) is 2.98. The summed E-state index contributed by atoms with van der Waals surface area (Å²) in [6.07, 6.45) is 1.93. The highest BCUT2D eigenvalue weighted by Crippen LogP contribution is 2.31. The molecule has 94 valence electrons. The van der Waals surface area contributed by atoms with Crippen LogP contribution in [0.5, 0.6) is 0 Å². The molecule has 0 aliphatic carbocycles. The third-order valence-electron chi connectivity index (χ3n) is 4.00. The average Bonchev–Trinajstić information content (AvgIpc) is 2.52. The largest absolute Gasteiger partial charge is 0.0984 e. The number of hydrogen-bond donors (Lipinski definition) is 0. The van der Waals surface area contributed by atoms with Gasteiger partial charge in [-0.1, -0.05) is 67.3 Å². The van der Waals surface area contributed by atoms with Crippen LogP contribution in [-0.4, -0.2) is 0 Å². The molecule has 0 unspecified atom stereocenters. The van der Waals surface area contributed by atoms with E-state index >= 15 is 0 Å². The summed E-state index contributed by atoms with van der Waals surface area (Å²) >= 11 is 0. The molecule has 0 aliphatic heterocycles. The zero-order chi connectivity index (χ0) is 13.5. The van der Waals surface area contributed by atoms with Crippen LogP contribution in [0.3, 0.4) is 0 Å². The lowest BCUT2D eigenvalue weighted by Gasteiger charge is -2.08. The summed E-state index contributed by atoms with van der Waals surface area (Å²) in [6, 6.07) is 23.9. The van der Waals surface area contributed by atoms with Gasteiger partial charge in [0, 0.05) is 0 Å². The molecule has 4 rings (SSSR count). The lowest BCUT2D eigenvalue weighted by atomic mass is 9.96. The zero-order valence-corrected chi connectivity index (χ0v) is 11.1. The van der Waals surface area contributed by atoms with E-state index in [4.69, 9.17) is 0 Å². The van der Waals surface area contributed by atoms with Gasteiger partial charge in [0.1, 0.15) is 0 Å². The molecule has 0 spiro atoms. The topological polar surface area (TPSA) is 0 Å². The molecule has 0 fully saturated rings. The van der Waals surface area contributed by atoms with Crippen LogP contribution in [0.4, 0.5) is 0 Å². The maximum Gasteiger partial charge on any atom is -0.00990 e. The molecule has 0 heteroatoms. The van der Waals surface area contributed by atoms with Crippen molar-refractivity contribution in [3.05, 3.63) is 78.9 Å². The van der Waals surface area contributed by atoms with E-state index in [1.54, 1.807) is 0 Å². The van der Waals surface area contributed by atoms with Gasteiger partial charge in [-0.2, -0.15) is 0 Å². The lowest BCUT2D eigenvalue weighted by Crippen LogP contribution is -1.82. The quantitative estimate of drug-likeness (QED) is 0.298. The van der Waals surface area contributed by atoms with Crippen LogP contribution in [0.25, 0.3) is 38.4 Å². The molecule has 0 aromatic heterocycles. The molecule has 4 aromatic carbocycles. The highest BCUT2D eigenvalue weighted by molar-refractivity contribution is 6.12. The van der Waals surface area contributed by atoms with Crippen molar-refractivity contribution < 1.29 is 0 Å². The first-order chi connectivity index (χ1) is 9.86. The number of rotatable bonds is 1. The Morgan fingerprint density at radius 1 is 0.600 bits per heavy atom. The summed E-state index contributed by atoms with van der Waals surface area (Å²) in [5.74, 6) is 0. The van der Waals surface area contributed by atoms with Gasteiger partial charge in [0.05, 0.1) is 0 Å². The van der Waals surface area contributed by atoms with Gasteiger partial charge >= 0.3 is 0 Å². The summed E-state index contributed by atoms with van der Waals surface area (Å²) in [7, 11) is 0. The Morgan fingerprint density at radius 3 is 2.20 bits per heavy atom. The number of fused-ring (bicyclic) bond motifs is 4. The van der Waals surface area contributed by atoms with E-state index < -0.39 is 0 Å². The Hall–Kier alpha value is -2.60. The normalized spacial score (nSPS) is 11.2. The SMILES string of the molecule is C=Cc1cccc2cc3c(ccc4ccccc43)cc12. The van der Waals surface area contributed by atoms with Crippen molar-refractivity contribution in [3.8, 4) is 0 Å². The van der Waals surface area contributed by atoms with E-state index in [1.807, 2.05) is 6.08 Å². The Balaban J connectivity index is 2.23. The van der Waals surface area contributed by atoms with Gasteiger partial charge in [0.2, 0.25) is 0 Å². The highest BCUT2D eigenvalue weighted by Gasteiger charge is 2.04. The van der Waals surface area contributed by atoms with Gasteiger partial charge in [-0.05, 0) is 50.0 Å². The monoisotopic (exact) mass is 254 g/mol. The first-order valence-corrected chi connectivity index (χ1v) is 6.83. The Labute approximate surface area is 118 Å². The third-order valence-corrected chi connectivity index (χ3v) is 4.00. The van der Waals surface area contributed by atoms with Crippen LogP contribution in [0.2, 0.25) is 0 Å². The Kier molecular flexibility index (Phi) is 2.37. The summed E-state index contributed by atoms with van der Waals surface area (Å²) in [6.45, 7) is 3.91. The Morgan fingerprint density at radius 2 is 1.30 bits per heavy atom. The van der Waals surface area contributed by atoms with Gasteiger partial charge in [-0.3, -0.25) is 0 Å². The van der Waals surface area contributed by atoms with Gasteiger partial charge < -0.3 is 0 Å². The molecule has 0 radical (unpaired) electrons. The zero-order valence-electron chi connectivity index (χ0n) is 11.1. The fraction of sp³-hybridized carbons (Fsp3) is 0. The third kappa shape index (κ3) is 1.55. The fourth-order valence-corrected chi connectivity index (χ4v) is 2.98. The van der Waals surface area contributed by atoms with Crippen LogP contribution in [0.15, 0.2) is 73.3 Å². The van der Waals surface area contributed by atoms with Crippen molar-refractivity contribution in [2.45, 2.75) is 0 Å². The number of hydrogen-bond acceptors (Lipinski definition) is 0. The second-order valence-corrected chi connectivity index (χ2v) is 5.13. The summed E-state index contributed by atoms with van der Waals surface area (Å²) in [4.78, 5) is 0. The minimum Gasteiger partial charge on any atom is -0.0984 e. The van der Waals surface area contributed by atoms with E-state index in [0.717, 1.165) is 0 Å². The summed E-state index contributed by atoms with van der Waals surface area (Å²) < 4.78 is 0. The van der Waals surface area contributed by atoms with Crippen LogP contribution < -0.4 is 0 Å². The van der Waals surface area contributed by atoms with Crippen LogP contribution >= 0.6 is 0 Å². The van der Waals surface area contributed by atoms with Crippen molar-refractivity contribution in [1.29, 1.82) is 0 Å².